The molecule has 2 rings (SSSR count). The number of hydrogen-bond donors (Lipinski definition) is 1. The van der Waals surface area contributed by atoms with Gasteiger partial charge in [0.25, 0.3) is 0 Å². The van der Waals surface area contributed by atoms with E-state index >= 15 is 0 Å². The molecule has 1 fully saturated rings. The van der Waals surface area contributed by atoms with Gasteiger partial charge in [-0.15, -0.1) is 0 Å². The monoisotopic (exact) mass is 248 g/mol. The SMILES string of the molecule is CNCc1cccnc1OC1CCC(C)(C)CC1. The van der Waals surface area contributed by atoms with Gasteiger partial charge in [-0.1, -0.05) is 19.9 Å². The van der Waals surface area contributed by atoms with Crippen LogP contribution in [0.3, 0.4) is 0 Å². The highest BCUT2D eigenvalue weighted by molar-refractivity contribution is 5.25. The lowest BCUT2D eigenvalue weighted by atomic mass is 9.76. The van der Waals surface area contributed by atoms with Crippen molar-refractivity contribution in [1.29, 1.82) is 0 Å². The third-order valence-electron chi connectivity index (χ3n) is 3.78. The van der Waals surface area contributed by atoms with E-state index < -0.39 is 0 Å². The second kappa shape index (κ2) is 5.70. The van der Waals surface area contributed by atoms with Crippen LogP contribution in [-0.4, -0.2) is 18.1 Å². The molecule has 1 aromatic rings. The Labute approximate surface area is 110 Å². The maximum atomic E-state index is 6.08. The van der Waals surface area contributed by atoms with Crippen LogP contribution in [-0.2, 0) is 6.54 Å². The summed E-state index contributed by atoms with van der Waals surface area (Å²) in [6.45, 7) is 5.49. The summed E-state index contributed by atoms with van der Waals surface area (Å²) in [4.78, 5) is 4.37. The molecule has 1 heterocycles. The van der Waals surface area contributed by atoms with E-state index in [9.17, 15) is 0 Å². The maximum Gasteiger partial charge on any atom is 0.218 e. The number of aromatic nitrogens is 1. The number of nitrogens with zero attached hydrogens (tertiary/aromatic N) is 1. The molecule has 0 atom stereocenters. The Bertz CT molecular complexity index is 380. The minimum Gasteiger partial charge on any atom is -0.474 e. The van der Waals surface area contributed by atoms with Gasteiger partial charge in [-0.25, -0.2) is 4.98 Å². The first-order chi connectivity index (χ1) is 8.61. The first-order valence-corrected chi connectivity index (χ1v) is 6.86. The molecular formula is C15H24N2O. The summed E-state index contributed by atoms with van der Waals surface area (Å²) in [5.41, 5.74) is 1.63. The molecule has 0 aromatic carbocycles. The zero-order valence-electron chi connectivity index (χ0n) is 11.7. The largest absolute Gasteiger partial charge is 0.474 e. The summed E-state index contributed by atoms with van der Waals surface area (Å²) >= 11 is 0. The number of pyridine rings is 1. The lowest BCUT2D eigenvalue weighted by Gasteiger charge is -2.34. The van der Waals surface area contributed by atoms with Crippen LogP contribution in [0.2, 0.25) is 0 Å². The molecule has 0 unspecified atom stereocenters. The molecule has 0 amide bonds. The first kappa shape index (κ1) is 13.3. The minimum atomic E-state index is 0.337. The van der Waals surface area contributed by atoms with Crippen molar-refractivity contribution in [2.75, 3.05) is 7.05 Å². The third-order valence-corrected chi connectivity index (χ3v) is 3.78. The van der Waals surface area contributed by atoms with E-state index in [1.165, 1.54) is 12.8 Å². The summed E-state index contributed by atoms with van der Waals surface area (Å²) in [5.74, 6) is 0.802. The van der Waals surface area contributed by atoms with Crippen molar-refractivity contribution in [2.24, 2.45) is 5.41 Å². The molecule has 1 N–H and O–H groups in total. The number of nitrogens with one attached hydrogen (secondary N) is 1. The Morgan fingerprint density at radius 3 is 2.78 bits per heavy atom. The quantitative estimate of drug-likeness (QED) is 0.888. The Morgan fingerprint density at radius 2 is 2.11 bits per heavy atom. The van der Waals surface area contributed by atoms with E-state index in [1.54, 1.807) is 6.20 Å². The molecule has 1 aliphatic carbocycles. The topological polar surface area (TPSA) is 34.2 Å². The lowest BCUT2D eigenvalue weighted by molar-refractivity contribution is 0.0939. The minimum absolute atomic E-state index is 0.337. The van der Waals surface area contributed by atoms with Crippen LogP contribution in [0, 0.1) is 5.41 Å². The average molecular weight is 248 g/mol. The molecule has 100 valence electrons. The summed E-state index contributed by atoms with van der Waals surface area (Å²) in [7, 11) is 1.94. The third kappa shape index (κ3) is 3.45. The number of rotatable bonds is 4. The van der Waals surface area contributed by atoms with Gasteiger partial charge in [0.15, 0.2) is 0 Å². The number of ether oxygens (including phenoxy) is 1. The van der Waals surface area contributed by atoms with E-state index in [2.05, 4.69) is 30.2 Å². The smallest absolute Gasteiger partial charge is 0.218 e. The van der Waals surface area contributed by atoms with Crippen molar-refractivity contribution in [2.45, 2.75) is 52.2 Å². The highest BCUT2D eigenvalue weighted by Gasteiger charge is 2.28. The second-order valence-electron chi connectivity index (χ2n) is 5.98. The average Bonchev–Trinajstić information content (AvgIpc) is 2.35. The van der Waals surface area contributed by atoms with Crippen LogP contribution in [0.25, 0.3) is 0 Å². The summed E-state index contributed by atoms with van der Waals surface area (Å²) in [6, 6.07) is 4.04. The van der Waals surface area contributed by atoms with Crippen molar-refractivity contribution in [3.63, 3.8) is 0 Å². The van der Waals surface area contributed by atoms with Crippen molar-refractivity contribution in [1.82, 2.24) is 10.3 Å². The molecule has 1 aromatic heterocycles. The van der Waals surface area contributed by atoms with Gasteiger partial charge in [-0.05, 0) is 44.2 Å². The van der Waals surface area contributed by atoms with E-state index in [4.69, 9.17) is 4.74 Å². The van der Waals surface area contributed by atoms with E-state index in [0.29, 0.717) is 11.5 Å². The van der Waals surface area contributed by atoms with Gasteiger partial charge < -0.3 is 10.1 Å². The van der Waals surface area contributed by atoms with E-state index in [-0.39, 0.29) is 0 Å². The fraction of sp³-hybridized carbons (Fsp3) is 0.667. The van der Waals surface area contributed by atoms with E-state index in [1.807, 2.05) is 13.1 Å². The zero-order chi connectivity index (χ0) is 13.0. The molecule has 1 aliphatic rings. The van der Waals surface area contributed by atoms with Crippen LogP contribution >= 0.6 is 0 Å². The predicted octanol–water partition coefficient (Wildman–Crippen LogP) is 3.15. The molecule has 18 heavy (non-hydrogen) atoms. The van der Waals surface area contributed by atoms with Crippen molar-refractivity contribution < 1.29 is 4.74 Å². The Hall–Kier alpha value is -1.09. The van der Waals surface area contributed by atoms with Crippen molar-refractivity contribution in [3.05, 3.63) is 23.9 Å². The highest BCUT2D eigenvalue weighted by atomic mass is 16.5. The Kier molecular flexibility index (Phi) is 4.23. The maximum absolute atomic E-state index is 6.08. The van der Waals surface area contributed by atoms with Crippen LogP contribution in [0.1, 0.15) is 45.1 Å². The summed E-state index contributed by atoms with van der Waals surface area (Å²) in [6.07, 6.45) is 6.91. The summed E-state index contributed by atoms with van der Waals surface area (Å²) < 4.78 is 6.08. The van der Waals surface area contributed by atoms with Crippen LogP contribution in [0.15, 0.2) is 18.3 Å². The van der Waals surface area contributed by atoms with Crippen LogP contribution in [0.4, 0.5) is 0 Å². The lowest BCUT2D eigenvalue weighted by Crippen LogP contribution is -2.29. The summed E-state index contributed by atoms with van der Waals surface area (Å²) in [5, 5.41) is 3.15. The first-order valence-electron chi connectivity index (χ1n) is 6.86. The van der Waals surface area contributed by atoms with Gasteiger partial charge >= 0.3 is 0 Å². The highest BCUT2D eigenvalue weighted by Crippen LogP contribution is 2.36. The fourth-order valence-electron chi connectivity index (χ4n) is 2.50. The number of hydrogen-bond acceptors (Lipinski definition) is 3. The van der Waals surface area contributed by atoms with Crippen molar-refractivity contribution in [3.8, 4) is 5.88 Å². The van der Waals surface area contributed by atoms with Gasteiger partial charge in [0.05, 0.1) is 0 Å². The molecule has 1 saturated carbocycles. The van der Waals surface area contributed by atoms with Crippen LogP contribution in [0.5, 0.6) is 5.88 Å². The molecule has 0 radical (unpaired) electrons. The normalized spacial score (nSPS) is 19.7. The molecule has 0 spiro atoms. The van der Waals surface area contributed by atoms with Crippen molar-refractivity contribution >= 4 is 0 Å². The Morgan fingerprint density at radius 1 is 1.39 bits per heavy atom. The zero-order valence-corrected chi connectivity index (χ0v) is 11.7. The standard InChI is InChI=1S/C15H24N2O/c1-15(2)8-6-13(7-9-15)18-14-12(11-16-3)5-4-10-17-14/h4-5,10,13,16H,6-9,11H2,1-3H3. The molecule has 3 nitrogen and oxygen atoms in total. The molecule has 0 saturated heterocycles. The van der Waals surface area contributed by atoms with Gasteiger partial charge in [0.2, 0.25) is 5.88 Å². The van der Waals surface area contributed by atoms with Gasteiger partial charge in [-0.2, -0.15) is 0 Å². The molecule has 3 heteroatoms. The van der Waals surface area contributed by atoms with E-state index in [0.717, 1.165) is 30.8 Å². The Balaban J connectivity index is 1.97. The van der Waals surface area contributed by atoms with Crippen LogP contribution < -0.4 is 10.1 Å². The molecular weight excluding hydrogens is 224 g/mol. The second-order valence-corrected chi connectivity index (χ2v) is 5.98. The predicted molar refractivity (Wildman–Crippen MR) is 73.7 cm³/mol. The van der Waals surface area contributed by atoms with Gasteiger partial charge in [-0.3, -0.25) is 0 Å². The van der Waals surface area contributed by atoms with Gasteiger partial charge in [0.1, 0.15) is 6.10 Å². The molecule has 0 bridgehead atoms. The van der Waals surface area contributed by atoms with Gasteiger partial charge in [0, 0.05) is 18.3 Å². The molecule has 0 aliphatic heterocycles. The fourth-order valence-corrected chi connectivity index (χ4v) is 2.50.